The number of halogens is 3. The zero-order valence-corrected chi connectivity index (χ0v) is 17.5. The first-order chi connectivity index (χ1) is 15.3. The highest BCUT2D eigenvalue weighted by molar-refractivity contribution is 6.30. The molecule has 0 saturated heterocycles. The number of hydrogen-bond acceptors (Lipinski definition) is 7. The largest absolute Gasteiger partial charge is 0.484 e. The first-order valence-electron chi connectivity index (χ1n) is 9.46. The lowest BCUT2D eigenvalue weighted by molar-refractivity contribution is -0.122. The molecule has 1 aromatic carbocycles. The Kier molecular flexibility index (Phi) is 6.04. The Bertz CT molecular complexity index is 1190. The highest BCUT2D eigenvalue weighted by Crippen LogP contribution is 2.39. The minimum atomic E-state index is -0.626. The Hall–Kier alpha value is -3.53. The van der Waals surface area contributed by atoms with E-state index in [0.717, 1.165) is 12.3 Å². The Balaban J connectivity index is 1.28. The summed E-state index contributed by atoms with van der Waals surface area (Å²) in [6.45, 7) is 1.56. The summed E-state index contributed by atoms with van der Waals surface area (Å²) >= 11 is 5.61. The van der Waals surface area contributed by atoms with Gasteiger partial charge in [0.1, 0.15) is 23.1 Å². The number of nitrogens with zero attached hydrogens (tertiary/aromatic N) is 3. The molecule has 166 valence electrons. The van der Waals surface area contributed by atoms with Gasteiger partial charge in [-0.25, -0.2) is 8.78 Å². The van der Waals surface area contributed by atoms with Gasteiger partial charge >= 0.3 is 0 Å². The van der Waals surface area contributed by atoms with Crippen molar-refractivity contribution in [1.82, 2.24) is 20.5 Å². The molecular formula is C21H17ClF2N4O4. The summed E-state index contributed by atoms with van der Waals surface area (Å²) in [4.78, 5) is 15.8. The number of carbonyl (C=O) groups excluding carboxylic acids is 1. The second-order valence-corrected chi connectivity index (χ2v) is 7.71. The van der Waals surface area contributed by atoms with E-state index in [1.54, 1.807) is 6.08 Å². The third-order valence-corrected chi connectivity index (χ3v) is 4.92. The molecule has 0 radical (unpaired) electrons. The van der Waals surface area contributed by atoms with Crippen LogP contribution in [0.3, 0.4) is 0 Å². The number of ether oxygens (including phenoxy) is 2. The van der Waals surface area contributed by atoms with Gasteiger partial charge in [0.05, 0.1) is 22.8 Å². The van der Waals surface area contributed by atoms with Gasteiger partial charge in [-0.05, 0) is 25.1 Å². The van der Waals surface area contributed by atoms with E-state index in [9.17, 15) is 13.6 Å². The third-order valence-electron chi connectivity index (χ3n) is 4.61. The Morgan fingerprint density at radius 3 is 2.78 bits per heavy atom. The summed E-state index contributed by atoms with van der Waals surface area (Å²) < 4.78 is 42.8. The van der Waals surface area contributed by atoms with Gasteiger partial charge in [-0.2, -0.15) is 0 Å². The number of hydrogen-bond donors (Lipinski definition) is 1. The van der Waals surface area contributed by atoms with Crippen molar-refractivity contribution in [2.45, 2.75) is 25.4 Å². The van der Waals surface area contributed by atoms with Crippen molar-refractivity contribution in [2.24, 2.45) is 0 Å². The second-order valence-electron chi connectivity index (χ2n) is 7.31. The quantitative estimate of drug-likeness (QED) is 0.544. The molecular weight excluding hydrogens is 446 g/mol. The van der Waals surface area contributed by atoms with E-state index < -0.39 is 23.0 Å². The summed E-state index contributed by atoms with van der Waals surface area (Å²) in [7, 11) is 0. The number of carbonyl (C=O) groups is 1. The van der Waals surface area contributed by atoms with E-state index in [2.05, 4.69) is 20.5 Å². The highest BCUT2D eigenvalue weighted by Gasteiger charge is 2.39. The molecule has 0 saturated carbocycles. The fourth-order valence-corrected chi connectivity index (χ4v) is 3.18. The van der Waals surface area contributed by atoms with Crippen molar-refractivity contribution in [3.63, 3.8) is 0 Å². The first-order valence-corrected chi connectivity index (χ1v) is 9.84. The highest BCUT2D eigenvalue weighted by atomic mass is 35.5. The van der Waals surface area contributed by atoms with Crippen LogP contribution in [0.1, 0.15) is 25.1 Å². The van der Waals surface area contributed by atoms with Gasteiger partial charge in [0.25, 0.3) is 11.8 Å². The normalized spacial score (nSPS) is 17.3. The van der Waals surface area contributed by atoms with Crippen molar-refractivity contribution in [2.75, 3.05) is 6.61 Å². The van der Waals surface area contributed by atoms with Crippen LogP contribution in [0.2, 0.25) is 5.02 Å². The predicted molar refractivity (Wildman–Crippen MR) is 108 cm³/mol. The van der Waals surface area contributed by atoms with Crippen molar-refractivity contribution >= 4 is 17.5 Å². The van der Waals surface area contributed by atoms with E-state index in [1.165, 1.54) is 24.4 Å². The van der Waals surface area contributed by atoms with E-state index in [-0.39, 0.29) is 35.6 Å². The smallest absolute Gasteiger partial charge is 0.262 e. The minimum Gasteiger partial charge on any atom is -0.484 e. The minimum absolute atomic E-state index is 0.0255. The molecule has 1 unspecified atom stereocenters. The maximum atomic E-state index is 13.4. The SMILES string of the molecule is CC1(c2nnc(COc3cncc(F)c3)o2)C=C(NC(=O)COc2ccc(Cl)c(F)c2)C1. The Morgan fingerprint density at radius 1 is 1.22 bits per heavy atom. The molecule has 1 aliphatic rings. The molecule has 0 spiro atoms. The first kappa shape index (κ1) is 21.7. The van der Waals surface area contributed by atoms with Crippen LogP contribution in [0, 0.1) is 11.6 Å². The number of rotatable bonds is 8. The Labute approximate surface area is 186 Å². The fraction of sp³-hybridized carbons (Fsp3) is 0.238. The average molecular weight is 463 g/mol. The maximum absolute atomic E-state index is 13.4. The molecule has 8 nitrogen and oxygen atoms in total. The summed E-state index contributed by atoms with van der Waals surface area (Å²) in [6, 6.07) is 5.13. The van der Waals surface area contributed by atoms with Crippen LogP contribution in [0.15, 0.2) is 52.8 Å². The average Bonchev–Trinajstić information content (AvgIpc) is 3.22. The van der Waals surface area contributed by atoms with Gasteiger partial charge in [0.2, 0.25) is 5.89 Å². The van der Waals surface area contributed by atoms with Crippen LogP contribution in [0.25, 0.3) is 0 Å². The molecule has 1 atom stereocenters. The lowest BCUT2D eigenvalue weighted by Gasteiger charge is -2.33. The number of amides is 1. The number of pyridine rings is 1. The molecule has 1 N–H and O–H groups in total. The van der Waals surface area contributed by atoms with Crippen molar-refractivity contribution in [3.05, 3.63) is 76.9 Å². The lowest BCUT2D eigenvalue weighted by Crippen LogP contribution is -2.39. The van der Waals surface area contributed by atoms with Gasteiger partial charge in [-0.3, -0.25) is 9.78 Å². The summed E-state index contributed by atoms with van der Waals surface area (Å²) in [6.07, 6.45) is 4.70. The Morgan fingerprint density at radius 2 is 2.03 bits per heavy atom. The molecule has 1 amide bonds. The monoisotopic (exact) mass is 462 g/mol. The molecule has 32 heavy (non-hydrogen) atoms. The van der Waals surface area contributed by atoms with E-state index in [4.69, 9.17) is 25.5 Å². The third kappa shape index (κ3) is 5.02. The molecule has 11 heteroatoms. The molecule has 3 aromatic rings. The predicted octanol–water partition coefficient (Wildman–Crippen LogP) is 3.72. The fourth-order valence-electron chi connectivity index (χ4n) is 3.06. The van der Waals surface area contributed by atoms with Crippen molar-refractivity contribution in [1.29, 1.82) is 0 Å². The number of aromatic nitrogens is 3. The van der Waals surface area contributed by atoms with Crippen molar-refractivity contribution in [3.8, 4) is 11.5 Å². The van der Waals surface area contributed by atoms with E-state index in [0.29, 0.717) is 18.0 Å². The molecule has 0 fully saturated rings. The van der Waals surface area contributed by atoms with E-state index in [1.807, 2.05) is 6.92 Å². The molecule has 4 rings (SSSR count). The van der Waals surface area contributed by atoms with Crippen LogP contribution in [-0.4, -0.2) is 27.7 Å². The summed E-state index contributed by atoms with van der Waals surface area (Å²) in [5.41, 5.74) is 0.124. The van der Waals surface area contributed by atoms with E-state index >= 15 is 0 Å². The molecule has 0 bridgehead atoms. The van der Waals surface area contributed by atoms with Crippen LogP contribution < -0.4 is 14.8 Å². The number of nitrogens with one attached hydrogen (secondary N) is 1. The zero-order chi connectivity index (χ0) is 22.7. The number of allylic oxidation sites excluding steroid dienone is 2. The van der Waals surface area contributed by atoms with Crippen LogP contribution >= 0.6 is 11.6 Å². The molecule has 2 aromatic heterocycles. The zero-order valence-electron chi connectivity index (χ0n) is 16.8. The van der Waals surface area contributed by atoms with Gasteiger partial charge in [0.15, 0.2) is 13.2 Å². The van der Waals surface area contributed by atoms with Gasteiger partial charge < -0.3 is 19.2 Å². The molecule has 0 aliphatic heterocycles. The lowest BCUT2D eigenvalue weighted by atomic mass is 9.75. The van der Waals surface area contributed by atoms with Gasteiger partial charge in [-0.15, -0.1) is 10.2 Å². The topological polar surface area (TPSA) is 99.4 Å². The van der Waals surface area contributed by atoms with Gasteiger partial charge in [-0.1, -0.05) is 11.6 Å². The summed E-state index contributed by atoms with van der Waals surface area (Å²) in [5, 5.41) is 10.7. The summed E-state index contributed by atoms with van der Waals surface area (Å²) in [5.74, 6) is -0.506. The molecule has 2 heterocycles. The van der Waals surface area contributed by atoms with Crippen molar-refractivity contribution < 1.29 is 27.5 Å². The van der Waals surface area contributed by atoms with Gasteiger partial charge in [0, 0.05) is 24.3 Å². The van der Waals surface area contributed by atoms with Crippen LogP contribution in [-0.2, 0) is 16.8 Å². The second kappa shape index (κ2) is 8.91. The van der Waals surface area contributed by atoms with Crippen LogP contribution in [0.4, 0.5) is 8.78 Å². The standard InChI is InChI=1S/C21H17ClF2N4O4/c1-21(20-28-27-19(32-20)11-31-15-4-12(23)8-25-9-15)6-13(7-21)26-18(29)10-30-14-2-3-16(22)17(24)5-14/h2-6,8-9H,7,10-11H2,1H3,(H,26,29). The maximum Gasteiger partial charge on any atom is 0.262 e. The molecule has 1 aliphatic carbocycles. The van der Waals surface area contributed by atoms with Crippen LogP contribution in [0.5, 0.6) is 11.5 Å². The number of benzene rings is 1.